The van der Waals surface area contributed by atoms with Gasteiger partial charge >= 0.3 is 0 Å². The smallest absolute Gasteiger partial charge is 0.236 e. The van der Waals surface area contributed by atoms with Gasteiger partial charge in [0.15, 0.2) is 14.1 Å². The number of nitrogens with one attached hydrogen (secondary N) is 1. The van der Waals surface area contributed by atoms with E-state index in [1.54, 1.807) is 17.7 Å². The molecule has 3 aromatic rings. The Labute approximate surface area is 162 Å². The van der Waals surface area contributed by atoms with Gasteiger partial charge in [-0.3, -0.25) is 4.79 Å². The SMILES string of the molecule is Cc1cc(NC(=O)CSc2nn(-c3ccc(C)c(Cl)c3)c(=S)s2)no1. The van der Waals surface area contributed by atoms with Crippen LogP contribution in [0.5, 0.6) is 0 Å². The van der Waals surface area contributed by atoms with Gasteiger partial charge in [0.1, 0.15) is 5.76 Å². The van der Waals surface area contributed by atoms with Crippen LogP contribution in [0.25, 0.3) is 5.69 Å². The minimum absolute atomic E-state index is 0.190. The lowest BCUT2D eigenvalue weighted by Gasteiger charge is -2.03. The Bertz CT molecular complexity index is 979. The summed E-state index contributed by atoms with van der Waals surface area (Å²) < 4.78 is 7.84. The van der Waals surface area contributed by atoms with Crippen molar-refractivity contribution >= 4 is 58.6 Å². The zero-order valence-corrected chi connectivity index (χ0v) is 16.5. The van der Waals surface area contributed by atoms with Gasteiger partial charge in [-0.1, -0.05) is 45.9 Å². The van der Waals surface area contributed by atoms with Crippen molar-refractivity contribution in [2.45, 2.75) is 18.2 Å². The van der Waals surface area contributed by atoms with Gasteiger partial charge in [-0.25, -0.2) is 4.68 Å². The van der Waals surface area contributed by atoms with Crippen molar-refractivity contribution in [3.05, 3.63) is 44.6 Å². The van der Waals surface area contributed by atoms with Crippen LogP contribution in [0, 0.1) is 17.8 Å². The van der Waals surface area contributed by atoms with Crippen LogP contribution in [-0.2, 0) is 4.79 Å². The molecule has 0 aliphatic heterocycles. The molecule has 2 aromatic heterocycles. The molecule has 0 atom stereocenters. The van der Waals surface area contributed by atoms with Crippen LogP contribution in [0.4, 0.5) is 5.82 Å². The molecular formula is C15H13ClN4O2S3. The van der Waals surface area contributed by atoms with E-state index >= 15 is 0 Å². The summed E-state index contributed by atoms with van der Waals surface area (Å²) >= 11 is 14.2. The molecule has 0 bridgehead atoms. The second kappa shape index (κ2) is 7.69. The molecule has 1 aromatic carbocycles. The molecule has 0 saturated heterocycles. The fourth-order valence-corrected chi connectivity index (χ4v) is 4.26. The van der Waals surface area contributed by atoms with Crippen molar-refractivity contribution in [2.75, 3.05) is 11.1 Å². The van der Waals surface area contributed by atoms with Gasteiger partial charge in [-0.05, 0) is 43.8 Å². The number of benzene rings is 1. The normalized spacial score (nSPS) is 10.8. The Morgan fingerprint density at radius 2 is 2.24 bits per heavy atom. The Morgan fingerprint density at radius 1 is 1.44 bits per heavy atom. The highest BCUT2D eigenvalue weighted by atomic mass is 35.5. The number of thioether (sulfide) groups is 1. The summed E-state index contributed by atoms with van der Waals surface area (Å²) in [4.78, 5) is 12.0. The van der Waals surface area contributed by atoms with Crippen molar-refractivity contribution in [2.24, 2.45) is 0 Å². The summed E-state index contributed by atoms with van der Waals surface area (Å²) in [6.07, 6.45) is 0. The molecule has 0 unspecified atom stereocenters. The fraction of sp³-hybridized carbons (Fsp3) is 0.200. The number of anilines is 1. The Morgan fingerprint density at radius 3 is 2.92 bits per heavy atom. The van der Waals surface area contributed by atoms with E-state index in [0.29, 0.717) is 24.9 Å². The summed E-state index contributed by atoms with van der Waals surface area (Å²) in [5, 5.41) is 11.5. The van der Waals surface area contributed by atoms with Crippen LogP contribution in [0.15, 0.2) is 33.1 Å². The molecule has 0 aliphatic rings. The van der Waals surface area contributed by atoms with Gasteiger partial charge in [-0.15, -0.1) is 5.10 Å². The van der Waals surface area contributed by atoms with Crippen molar-refractivity contribution in [1.82, 2.24) is 14.9 Å². The maximum Gasteiger partial charge on any atom is 0.236 e. The molecule has 0 spiro atoms. The predicted molar refractivity (Wildman–Crippen MR) is 103 cm³/mol. The molecule has 1 N–H and O–H groups in total. The molecule has 25 heavy (non-hydrogen) atoms. The molecule has 6 nitrogen and oxygen atoms in total. The number of hydrogen-bond acceptors (Lipinski definition) is 7. The topological polar surface area (TPSA) is 73.0 Å². The van der Waals surface area contributed by atoms with Crippen LogP contribution in [0.2, 0.25) is 5.02 Å². The first kappa shape index (κ1) is 18.1. The van der Waals surface area contributed by atoms with Gasteiger partial charge in [0.2, 0.25) is 5.91 Å². The summed E-state index contributed by atoms with van der Waals surface area (Å²) in [6.45, 7) is 3.69. The highest BCUT2D eigenvalue weighted by molar-refractivity contribution is 8.01. The summed E-state index contributed by atoms with van der Waals surface area (Å²) in [5.74, 6) is 1.04. The van der Waals surface area contributed by atoms with Gasteiger partial charge in [0.25, 0.3) is 0 Å². The average Bonchev–Trinajstić information content (AvgIpc) is 3.14. The number of carbonyl (C=O) groups excluding carboxylic acids is 1. The van der Waals surface area contributed by atoms with E-state index in [-0.39, 0.29) is 11.7 Å². The third-order valence-electron chi connectivity index (χ3n) is 3.15. The molecule has 0 fully saturated rings. The van der Waals surface area contributed by atoms with E-state index in [2.05, 4.69) is 15.6 Å². The number of nitrogens with zero attached hydrogens (tertiary/aromatic N) is 3. The van der Waals surface area contributed by atoms with Crippen molar-refractivity contribution < 1.29 is 9.32 Å². The number of rotatable bonds is 5. The third kappa shape index (κ3) is 4.49. The molecule has 0 saturated carbocycles. The van der Waals surface area contributed by atoms with E-state index in [1.807, 2.05) is 25.1 Å². The van der Waals surface area contributed by atoms with Gasteiger partial charge in [-0.2, -0.15) is 0 Å². The minimum atomic E-state index is -0.190. The second-order valence-electron chi connectivity index (χ2n) is 5.14. The van der Waals surface area contributed by atoms with Crippen LogP contribution < -0.4 is 5.32 Å². The average molecular weight is 413 g/mol. The van der Waals surface area contributed by atoms with Gasteiger partial charge in [0, 0.05) is 11.1 Å². The fourth-order valence-electron chi connectivity index (χ4n) is 1.93. The maximum absolute atomic E-state index is 12.0. The van der Waals surface area contributed by atoms with Gasteiger partial charge in [0.05, 0.1) is 11.4 Å². The third-order valence-corrected chi connectivity index (χ3v) is 5.92. The quantitative estimate of drug-likeness (QED) is 0.485. The minimum Gasteiger partial charge on any atom is -0.360 e. The lowest BCUT2D eigenvalue weighted by atomic mass is 10.2. The number of halogens is 1. The highest BCUT2D eigenvalue weighted by Crippen LogP contribution is 2.26. The van der Waals surface area contributed by atoms with E-state index < -0.39 is 0 Å². The first-order valence-corrected chi connectivity index (χ1v) is 9.74. The largest absolute Gasteiger partial charge is 0.360 e. The zero-order chi connectivity index (χ0) is 18.0. The lowest BCUT2D eigenvalue weighted by molar-refractivity contribution is -0.113. The summed E-state index contributed by atoms with van der Waals surface area (Å²) in [7, 11) is 0. The molecular weight excluding hydrogens is 400 g/mol. The zero-order valence-electron chi connectivity index (χ0n) is 13.3. The van der Waals surface area contributed by atoms with Gasteiger partial charge < -0.3 is 9.84 Å². The van der Waals surface area contributed by atoms with Crippen LogP contribution >= 0.6 is 46.9 Å². The number of hydrogen-bond donors (Lipinski definition) is 1. The Hall–Kier alpha value is -1.68. The molecule has 130 valence electrons. The molecule has 3 rings (SSSR count). The standard InChI is InChI=1S/C15H13ClN4O2S3/c1-8-3-4-10(6-11(8)16)20-15(23)25-14(18-20)24-7-13(21)17-12-5-9(2)22-19-12/h3-6H,7H2,1-2H3,(H,17,19,21). The summed E-state index contributed by atoms with van der Waals surface area (Å²) in [6, 6.07) is 7.30. The van der Waals surface area contributed by atoms with Crippen molar-refractivity contribution in [3.63, 3.8) is 0 Å². The predicted octanol–water partition coefficient (Wildman–Crippen LogP) is 4.65. The summed E-state index contributed by atoms with van der Waals surface area (Å²) in [5.41, 5.74) is 1.78. The Balaban J connectivity index is 1.67. The molecule has 0 aliphatic carbocycles. The number of amides is 1. The first-order valence-electron chi connectivity index (χ1n) is 7.15. The van der Waals surface area contributed by atoms with Crippen LogP contribution in [0.1, 0.15) is 11.3 Å². The molecule has 0 radical (unpaired) electrons. The highest BCUT2D eigenvalue weighted by Gasteiger charge is 2.11. The van der Waals surface area contributed by atoms with E-state index in [9.17, 15) is 4.79 Å². The monoisotopic (exact) mass is 412 g/mol. The van der Waals surface area contributed by atoms with E-state index in [0.717, 1.165) is 11.3 Å². The number of aromatic nitrogens is 3. The first-order chi connectivity index (χ1) is 11.9. The van der Waals surface area contributed by atoms with Crippen molar-refractivity contribution in [3.8, 4) is 5.69 Å². The maximum atomic E-state index is 12.0. The molecule has 2 heterocycles. The van der Waals surface area contributed by atoms with Crippen LogP contribution in [0.3, 0.4) is 0 Å². The molecule has 1 amide bonds. The van der Waals surface area contributed by atoms with E-state index in [4.69, 9.17) is 28.3 Å². The Kier molecular flexibility index (Phi) is 5.57. The number of aryl methyl sites for hydroxylation is 2. The van der Waals surface area contributed by atoms with Crippen molar-refractivity contribution in [1.29, 1.82) is 0 Å². The lowest BCUT2D eigenvalue weighted by Crippen LogP contribution is -2.14. The molecule has 10 heteroatoms. The number of carbonyl (C=O) groups is 1. The van der Waals surface area contributed by atoms with Crippen LogP contribution in [-0.4, -0.2) is 26.6 Å². The second-order valence-corrected chi connectivity index (χ2v) is 8.39. The van der Waals surface area contributed by atoms with E-state index in [1.165, 1.54) is 23.1 Å².